The van der Waals surface area contributed by atoms with Gasteiger partial charge in [-0.2, -0.15) is 4.98 Å². The zero-order valence-electron chi connectivity index (χ0n) is 15.4. The van der Waals surface area contributed by atoms with Crippen molar-refractivity contribution in [2.45, 2.75) is 37.6 Å². The van der Waals surface area contributed by atoms with Crippen molar-refractivity contribution in [2.24, 2.45) is 0 Å². The van der Waals surface area contributed by atoms with Gasteiger partial charge in [0.25, 0.3) is 16.0 Å². The quantitative estimate of drug-likeness (QED) is 0.565. The Morgan fingerprint density at radius 2 is 1.86 bits per heavy atom. The molecule has 28 heavy (non-hydrogen) atoms. The smallest absolute Gasteiger partial charge is 0.246 e. The highest BCUT2D eigenvalue weighted by molar-refractivity contribution is 7.92. The first-order valence-electron chi connectivity index (χ1n) is 8.74. The second kappa shape index (κ2) is 8.51. The maximum atomic E-state index is 12.6. The van der Waals surface area contributed by atoms with Crippen molar-refractivity contribution in [1.29, 1.82) is 0 Å². The van der Waals surface area contributed by atoms with E-state index in [1.807, 2.05) is 12.1 Å². The fraction of sp³-hybridized carbons (Fsp3) is 0.263. The molecular weight excluding hydrogens is 419 g/mol. The molecule has 0 spiro atoms. The zero-order valence-corrected chi connectivity index (χ0v) is 17.8. The molecule has 0 radical (unpaired) electrons. The Balaban J connectivity index is 1.73. The molecule has 1 aromatic heterocycles. The minimum atomic E-state index is -3.77. The van der Waals surface area contributed by atoms with Crippen LogP contribution in [0, 0.1) is 0 Å². The molecular formula is C19H20Cl2N4O2S. The molecule has 0 fully saturated rings. The predicted molar refractivity (Wildman–Crippen MR) is 112 cm³/mol. The second-order valence-corrected chi connectivity index (χ2v) is 9.01. The van der Waals surface area contributed by atoms with Crippen LogP contribution in [-0.4, -0.2) is 23.2 Å². The summed E-state index contributed by atoms with van der Waals surface area (Å²) in [4.78, 5) is 4.19. The van der Waals surface area contributed by atoms with E-state index in [-0.39, 0.29) is 10.8 Å². The lowest BCUT2D eigenvalue weighted by Crippen LogP contribution is -2.14. The number of hydrogen-bond acceptors (Lipinski definition) is 4. The number of benzene rings is 2. The highest BCUT2D eigenvalue weighted by Gasteiger charge is 2.17. The van der Waals surface area contributed by atoms with Crippen LogP contribution in [0.2, 0.25) is 10.0 Å². The van der Waals surface area contributed by atoms with Crippen molar-refractivity contribution in [3.05, 3.63) is 70.0 Å². The second-order valence-electron chi connectivity index (χ2n) is 6.49. The van der Waals surface area contributed by atoms with Gasteiger partial charge in [-0.3, -0.25) is 0 Å². The molecule has 1 unspecified atom stereocenters. The standard InChI is InChI=1S/C19H20Cl2N4O2S/c1-3-13(2)14-5-8-17(9-6-14)28(26,27)24-19-22-12-25(23-19)11-15-4-7-16(20)10-18(15)21/h4-10,12-13H,3,11H2,1-2H3,(H,23,24). The Labute approximate surface area is 174 Å². The number of nitrogens with zero attached hydrogens (tertiary/aromatic N) is 3. The lowest BCUT2D eigenvalue weighted by atomic mass is 9.99. The largest absolute Gasteiger partial charge is 0.264 e. The number of rotatable bonds is 7. The van der Waals surface area contributed by atoms with Gasteiger partial charge in [0.2, 0.25) is 0 Å². The van der Waals surface area contributed by atoms with Gasteiger partial charge in [-0.15, -0.1) is 5.10 Å². The van der Waals surface area contributed by atoms with E-state index in [1.165, 1.54) is 11.0 Å². The number of halogens is 2. The van der Waals surface area contributed by atoms with E-state index >= 15 is 0 Å². The van der Waals surface area contributed by atoms with Gasteiger partial charge in [-0.1, -0.05) is 55.2 Å². The van der Waals surface area contributed by atoms with Gasteiger partial charge in [-0.25, -0.2) is 17.8 Å². The molecule has 0 aliphatic heterocycles. The van der Waals surface area contributed by atoms with Gasteiger partial charge in [0, 0.05) is 10.0 Å². The van der Waals surface area contributed by atoms with Crippen LogP contribution < -0.4 is 4.72 Å². The summed E-state index contributed by atoms with van der Waals surface area (Å²) in [5.41, 5.74) is 1.90. The molecule has 0 saturated heterocycles. The molecule has 9 heteroatoms. The van der Waals surface area contributed by atoms with Crippen molar-refractivity contribution in [3.63, 3.8) is 0 Å². The van der Waals surface area contributed by atoms with Crippen LogP contribution in [0.1, 0.15) is 37.3 Å². The number of nitrogens with one attached hydrogen (secondary N) is 1. The SMILES string of the molecule is CCC(C)c1ccc(S(=O)(=O)Nc2ncn(Cc3ccc(Cl)cc3Cl)n2)cc1. The van der Waals surface area contributed by atoms with Crippen LogP contribution in [0.5, 0.6) is 0 Å². The Morgan fingerprint density at radius 3 is 2.50 bits per heavy atom. The van der Waals surface area contributed by atoms with E-state index in [1.54, 1.807) is 30.3 Å². The van der Waals surface area contributed by atoms with Crippen molar-refractivity contribution in [1.82, 2.24) is 14.8 Å². The molecule has 0 aliphatic rings. The van der Waals surface area contributed by atoms with E-state index in [0.717, 1.165) is 17.5 Å². The van der Waals surface area contributed by atoms with Crippen molar-refractivity contribution in [3.8, 4) is 0 Å². The number of anilines is 1. The summed E-state index contributed by atoms with van der Waals surface area (Å²) in [5.74, 6) is 0.373. The molecule has 1 atom stereocenters. The van der Waals surface area contributed by atoms with Crippen molar-refractivity contribution in [2.75, 3.05) is 4.72 Å². The Bertz CT molecular complexity index is 1070. The maximum Gasteiger partial charge on any atom is 0.264 e. The lowest BCUT2D eigenvalue weighted by Gasteiger charge is -2.10. The fourth-order valence-electron chi connectivity index (χ4n) is 2.63. The molecule has 3 rings (SSSR count). The van der Waals surface area contributed by atoms with Crippen LogP contribution in [-0.2, 0) is 16.6 Å². The van der Waals surface area contributed by atoms with Crippen LogP contribution in [0.4, 0.5) is 5.95 Å². The third-order valence-corrected chi connectivity index (χ3v) is 6.41. The van der Waals surface area contributed by atoms with E-state index in [9.17, 15) is 8.42 Å². The summed E-state index contributed by atoms with van der Waals surface area (Å²) in [6.45, 7) is 4.54. The van der Waals surface area contributed by atoms with E-state index in [2.05, 4.69) is 28.7 Å². The summed E-state index contributed by atoms with van der Waals surface area (Å²) >= 11 is 12.1. The monoisotopic (exact) mass is 438 g/mol. The third-order valence-electron chi connectivity index (χ3n) is 4.48. The van der Waals surface area contributed by atoms with Gasteiger partial charge in [0.05, 0.1) is 11.4 Å². The average molecular weight is 439 g/mol. The molecule has 1 N–H and O–H groups in total. The molecule has 0 aliphatic carbocycles. The first kappa shape index (κ1) is 20.6. The first-order chi connectivity index (χ1) is 13.3. The van der Waals surface area contributed by atoms with Crippen LogP contribution in [0.15, 0.2) is 53.7 Å². The van der Waals surface area contributed by atoms with E-state index < -0.39 is 10.0 Å². The van der Waals surface area contributed by atoms with Gasteiger partial charge < -0.3 is 0 Å². The molecule has 0 bridgehead atoms. The minimum Gasteiger partial charge on any atom is -0.246 e. The van der Waals surface area contributed by atoms with E-state index in [4.69, 9.17) is 23.2 Å². The number of hydrogen-bond donors (Lipinski definition) is 1. The topological polar surface area (TPSA) is 76.9 Å². The van der Waals surface area contributed by atoms with Crippen molar-refractivity contribution >= 4 is 39.2 Å². The molecule has 3 aromatic rings. The normalized spacial score (nSPS) is 12.7. The summed E-state index contributed by atoms with van der Waals surface area (Å²) in [5, 5.41) is 5.21. The third kappa shape index (κ3) is 4.84. The summed E-state index contributed by atoms with van der Waals surface area (Å²) < 4.78 is 29.1. The zero-order chi connectivity index (χ0) is 20.3. The molecule has 2 aromatic carbocycles. The predicted octanol–water partition coefficient (Wildman–Crippen LogP) is 4.95. The Kier molecular flexibility index (Phi) is 6.27. The van der Waals surface area contributed by atoms with Gasteiger partial charge in [0.15, 0.2) is 0 Å². The first-order valence-corrected chi connectivity index (χ1v) is 11.0. The van der Waals surface area contributed by atoms with Crippen LogP contribution >= 0.6 is 23.2 Å². The molecule has 0 saturated carbocycles. The highest BCUT2D eigenvalue weighted by atomic mass is 35.5. The summed E-state index contributed by atoms with van der Waals surface area (Å²) in [6, 6.07) is 12.0. The van der Waals surface area contributed by atoms with Gasteiger partial charge in [0.1, 0.15) is 6.33 Å². The molecule has 1 heterocycles. The van der Waals surface area contributed by atoms with Gasteiger partial charge >= 0.3 is 0 Å². The average Bonchev–Trinajstić information content (AvgIpc) is 3.09. The number of aromatic nitrogens is 3. The Hall–Kier alpha value is -2.09. The molecule has 6 nitrogen and oxygen atoms in total. The van der Waals surface area contributed by atoms with Crippen molar-refractivity contribution < 1.29 is 8.42 Å². The highest BCUT2D eigenvalue weighted by Crippen LogP contribution is 2.23. The minimum absolute atomic E-state index is 0.00362. The van der Waals surface area contributed by atoms with Crippen LogP contribution in [0.25, 0.3) is 0 Å². The van der Waals surface area contributed by atoms with Crippen LogP contribution in [0.3, 0.4) is 0 Å². The fourth-order valence-corrected chi connectivity index (χ4v) is 4.05. The lowest BCUT2D eigenvalue weighted by molar-refractivity contribution is 0.600. The Morgan fingerprint density at radius 1 is 1.14 bits per heavy atom. The molecule has 148 valence electrons. The van der Waals surface area contributed by atoms with E-state index in [0.29, 0.717) is 22.5 Å². The summed E-state index contributed by atoms with van der Waals surface area (Å²) in [7, 11) is -3.77. The van der Waals surface area contributed by atoms with Gasteiger partial charge in [-0.05, 0) is 47.7 Å². The maximum absolute atomic E-state index is 12.6. The summed E-state index contributed by atoms with van der Waals surface area (Å²) in [6.07, 6.45) is 2.43. The molecule has 0 amide bonds. The number of sulfonamides is 1.